The minimum Gasteiger partial charge on any atom is -0.495 e. The van der Waals surface area contributed by atoms with Crippen LogP contribution in [-0.2, 0) is 0 Å². The largest absolute Gasteiger partial charge is 0.495 e. The van der Waals surface area contributed by atoms with Crippen LogP contribution in [0.25, 0.3) is 11.5 Å². The number of amides is 1. The van der Waals surface area contributed by atoms with Crippen molar-refractivity contribution in [3.8, 4) is 17.2 Å². The van der Waals surface area contributed by atoms with E-state index < -0.39 is 11.6 Å². The Hall–Kier alpha value is -3.06. The van der Waals surface area contributed by atoms with Crippen LogP contribution in [0, 0.1) is 0 Å². The third-order valence-corrected chi connectivity index (χ3v) is 3.47. The number of halogens is 1. The number of anilines is 1. The number of benzene rings is 1. The summed E-state index contributed by atoms with van der Waals surface area (Å²) in [4.78, 5) is 30.2. The monoisotopic (exact) mass is 345 g/mol. The fourth-order valence-corrected chi connectivity index (χ4v) is 2.34. The lowest BCUT2D eigenvalue weighted by Gasteiger charge is -2.08. The fourth-order valence-electron chi connectivity index (χ4n) is 2.08. The Morgan fingerprint density at radius 3 is 2.83 bits per heavy atom. The summed E-state index contributed by atoms with van der Waals surface area (Å²) in [6.45, 7) is 0. The van der Waals surface area contributed by atoms with Gasteiger partial charge in [-0.05, 0) is 36.4 Å². The molecule has 7 nitrogen and oxygen atoms in total. The highest BCUT2D eigenvalue weighted by molar-refractivity contribution is 6.32. The number of furan rings is 1. The average Bonchev–Trinajstić information content (AvgIpc) is 3.09. The number of ether oxygens (including phenoxy) is 1. The number of methoxy groups -OCH3 is 1. The minimum atomic E-state index is -0.651. The van der Waals surface area contributed by atoms with Gasteiger partial charge in [-0.25, -0.2) is 4.79 Å². The molecule has 2 heterocycles. The molecule has 0 unspecified atom stereocenters. The number of aromatic amines is 1. The highest BCUT2D eigenvalue weighted by Crippen LogP contribution is 2.27. The maximum absolute atomic E-state index is 12.3. The third-order valence-electron chi connectivity index (χ3n) is 3.17. The van der Waals surface area contributed by atoms with E-state index in [-0.39, 0.29) is 5.69 Å². The van der Waals surface area contributed by atoms with E-state index in [0.717, 1.165) is 0 Å². The van der Waals surface area contributed by atoms with Crippen molar-refractivity contribution in [1.82, 2.24) is 9.97 Å². The Kier molecular flexibility index (Phi) is 4.35. The normalized spacial score (nSPS) is 10.4. The standard InChI is InChI=1S/C16H12ClN3O4/c1-23-13-5-4-9(7-10(13)17)18-15(21)12-8-11(19-16(22)20-12)14-3-2-6-24-14/h2-8H,1H3,(H,18,21)(H,19,20,22). The first kappa shape index (κ1) is 15.8. The number of H-pyrrole nitrogens is 1. The third kappa shape index (κ3) is 3.31. The Bertz CT molecular complexity index is 935. The van der Waals surface area contributed by atoms with Gasteiger partial charge < -0.3 is 19.5 Å². The van der Waals surface area contributed by atoms with Crippen LogP contribution in [0.4, 0.5) is 5.69 Å². The van der Waals surface area contributed by atoms with Gasteiger partial charge in [0, 0.05) is 5.69 Å². The Labute approximate surface area is 141 Å². The van der Waals surface area contributed by atoms with E-state index in [1.807, 2.05) is 0 Å². The summed E-state index contributed by atoms with van der Waals surface area (Å²) in [7, 11) is 1.50. The van der Waals surface area contributed by atoms with Gasteiger partial charge in [-0.1, -0.05) is 11.6 Å². The molecule has 0 spiro atoms. The molecule has 0 atom stereocenters. The van der Waals surface area contributed by atoms with Crippen molar-refractivity contribution in [1.29, 1.82) is 0 Å². The fraction of sp³-hybridized carbons (Fsp3) is 0.0625. The molecule has 1 amide bonds. The van der Waals surface area contributed by atoms with Gasteiger partial charge in [-0.2, -0.15) is 4.98 Å². The Balaban J connectivity index is 1.88. The van der Waals surface area contributed by atoms with Crippen molar-refractivity contribution in [2.75, 3.05) is 12.4 Å². The number of hydrogen-bond acceptors (Lipinski definition) is 5. The van der Waals surface area contributed by atoms with Gasteiger partial charge in [0.25, 0.3) is 5.91 Å². The van der Waals surface area contributed by atoms with E-state index in [0.29, 0.717) is 27.9 Å². The first-order valence-electron chi connectivity index (χ1n) is 6.87. The van der Waals surface area contributed by atoms with Crippen LogP contribution in [0.15, 0.2) is 51.9 Å². The topological polar surface area (TPSA) is 97.2 Å². The smallest absolute Gasteiger partial charge is 0.346 e. The summed E-state index contributed by atoms with van der Waals surface area (Å²) in [6.07, 6.45) is 1.47. The number of aromatic nitrogens is 2. The number of nitrogens with zero attached hydrogens (tertiary/aromatic N) is 1. The number of carbonyl (C=O) groups excluding carboxylic acids is 1. The molecule has 122 valence electrons. The molecule has 0 saturated carbocycles. The molecule has 2 N–H and O–H groups in total. The van der Waals surface area contributed by atoms with Crippen LogP contribution in [0.1, 0.15) is 10.5 Å². The van der Waals surface area contributed by atoms with Crippen LogP contribution in [0.3, 0.4) is 0 Å². The lowest BCUT2D eigenvalue weighted by molar-refractivity contribution is 0.102. The number of carbonyl (C=O) groups is 1. The van der Waals surface area contributed by atoms with E-state index in [1.54, 1.807) is 30.3 Å². The zero-order valence-electron chi connectivity index (χ0n) is 12.5. The maximum atomic E-state index is 12.3. The first-order chi connectivity index (χ1) is 11.6. The van der Waals surface area contributed by atoms with E-state index in [4.69, 9.17) is 20.8 Å². The molecule has 24 heavy (non-hydrogen) atoms. The van der Waals surface area contributed by atoms with E-state index in [1.165, 1.54) is 19.4 Å². The average molecular weight is 346 g/mol. The molecule has 0 aliphatic carbocycles. The Morgan fingerprint density at radius 2 is 2.17 bits per heavy atom. The van der Waals surface area contributed by atoms with Gasteiger partial charge in [0.2, 0.25) is 0 Å². The second-order valence-corrected chi connectivity index (χ2v) is 5.17. The lowest BCUT2D eigenvalue weighted by atomic mass is 10.2. The number of nitrogens with one attached hydrogen (secondary N) is 2. The number of hydrogen-bond donors (Lipinski definition) is 2. The SMILES string of the molecule is COc1ccc(NC(=O)c2cc(-c3ccco3)[nH]c(=O)n2)cc1Cl. The predicted octanol–water partition coefficient (Wildman–Crippen LogP) is 2.94. The van der Waals surface area contributed by atoms with Crippen LogP contribution in [-0.4, -0.2) is 23.0 Å². The second-order valence-electron chi connectivity index (χ2n) is 4.77. The Morgan fingerprint density at radius 1 is 1.33 bits per heavy atom. The summed E-state index contributed by atoms with van der Waals surface area (Å²) >= 11 is 6.02. The number of rotatable bonds is 4. The molecule has 0 bridgehead atoms. The molecule has 2 aromatic heterocycles. The van der Waals surface area contributed by atoms with Gasteiger partial charge in [0.05, 0.1) is 24.1 Å². The molecule has 0 radical (unpaired) electrons. The highest BCUT2D eigenvalue weighted by atomic mass is 35.5. The predicted molar refractivity (Wildman–Crippen MR) is 88.5 cm³/mol. The van der Waals surface area contributed by atoms with E-state index in [2.05, 4.69) is 15.3 Å². The molecular formula is C16H12ClN3O4. The van der Waals surface area contributed by atoms with Crippen molar-refractivity contribution < 1.29 is 13.9 Å². The summed E-state index contributed by atoms with van der Waals surface area (Å²) in [5.41, 5.74) is 0.115. The summed E-state index contributed by atoms with van der Waals surface area (Å²) in [6, 6.07) is 9.56. The van der Waals surface area contributed by atoms with Crippen LogP contribution >= 0.6 is 11.6 Å². The maximum Gasteiger partial charge on any atom is 0.346 e. The molecule has 0 saturated heterocycles. The lowest BCUT2D eigenvalue weighted by Crippen LogP contribution is -2.21. The van der Waals surface area contributed by atoms with Gasteiger partial charge in [-0.3, -0.25) is 4.79 Å². The van der Waals surface area contributed by atoms with Crippen molar-refractivity contribution in [2.24, 2.45) is 0 Å². The second kappa shape index (κ2) is 6.59. The summed E-state index contributed by atoms with van der Waals surface area (Å²) in [5.74, 6) is 0.371. The molecule has 0 fully saturated rings. The van der Waals surface area contributed by atoms with Crippen molar-refractivity contribution in [2.45, 2.75) is 0 Å². The zero-order valence-corrected chi connectivity index (χ0v) is 13.3. The van der Waals surface area contributed by atoms with Crippen molar-refractivity contribution >= 4 is 23.2 Å². The minimum absolute atomic E-state index is 0.0444. The molecule has 3 rings (SSSR count). The quantitative estimate of drug-likeness (QED) is 0.757. The molecule has 0 aliphatic heterocycles. The van der Waals surface area contributed by atoms with E-state index >= 15 is 0 Å². The molecule has 3 aromatic rings. The van der Waals surface area contributed by atoms with E-state index in [9.17, 15) is 9.59 Å². The first-order valence-corrected chi connectivity index (χ1v) is 7.25. The van der Waals surface area contributed by atoms with Crippen molar-refractivity contribution in [3.05, 3.63) is 63.9 Å². The highest BCUT2D eigenvalue weighted by Gasteiger charge is 2.13. The molecule has 0 aliphatic rings. The van der Waals surface area contributed by atoms with Crippen LogP contribution in [0.5, 0.6) is 5.75 Å². The van der Waals surface area contributed by atoms with Gasteiger partial charge in [0.15, 0.2) is 0 Å². The summed E-state index contributed by atoms with van der Waals surface area (Å²) in [5, 5.41) is 2.98. The van der Waals surface area contributed by atoms with Gasteiger partial charge in [0.1, 0.15) is 17.2 Å². The zero-order chi connectivity index (χ0) is 17.1. The van der Waals surface area contributed by atoms with Gasteiger partial charge >= 0.3 is 5.69 Å². The molecular weight excluding hydrogens is 334 g/mol. The van der Waals surface area contributed by atoms with Crippen LogP contribution in [0.2, 0.25) is 5.02 Å². The van der Waals surface area contributed by atoms with Gasteiger partial charge in [-0.15, -0.1) is 0 Å². The van der Waals surface area contributed by atoms with Crippen LogP contribution < -0.4 is 15.7 Å². The molecule has 8 heteroatoms. The summed E-state index contributed by atoms with van der Waals surface area (Å²) < 4.78 is 10.3. The van der Waals surface area contributed by atoms with Crippen molar-refractivity contribution in [3.63, 3.8) is 0 Å². The molecule has 1 aromatic carbocycles.